The van der Waals surface area contributed by atoms with Crippen molar-refractivity contribution >= 4 is 30.0 Å². The fourth-order valence-electron chi connectivity index (χ4n) is 5.01. The number of rotatable bonds is 6. The van der Waals surface area contributed by atoms with Crippen LogP contribution in [0, 0.1) is 30.6 Å². The zero-order valence-electron chi connectivity index (χ0n) is 21.6. The Balaban J connectivity index is 0.00000112. The first-order valence-electron chi connectivity index (χ1n) is 12.5. The molecule has 2 aliphatic rings. The lowest BCUT2D eigenvalue weighted by Crippen LogP contribution is -2.29. The quantitative estimate of drug-likeness (QED) is 0.244. The largest absolute Gasteiger partial charge is 0.481 e. The lowest BCUT2D eigenvalue weighted by molar-refractivity contribution is -0.142. The fourth-order valence-corrected chi connectivity index (χ4v) is 5.01. The van der Waals surface area contributed by atoms with Crippen LogP contribution in [0.2, 0.25) is 0 Å². The number of hydrogen-bond donors (Lipinski definition) is 4. The van der Waals surface area contributed by atoms with Crippen molar-refractivity contribution in [2.24, 2.45) is 16.6 Å². The van der Waals surface area contributed by atoms with E-state index in [2.05, 4.69) is 34.7 Å². The van der Waals surface area contributed by atoms with E-state index in [1.807, 2.05) is 37.1 Å². The smallest absolute Gasteiger partial charge is 0.306 e. The number of aromatic nitrogens is 1. The molecule has 9 heteroatoms. The molecule has 1 heterocycles. The van der Waals surface area contributed by atoms with Gasteiger partial charge < -0.3 is 25.9 Å². The first-order chi connectivity index (χ1) is 18.5. The van der Waals surface area contributed by atoms with Gasteiger partial charge in [0.1, 0.15) is 18.2 Å². The molecule has 0 radical (unpaired) electrons. The highest BCUT2D eigenvalue weighted by atomic mass is 16.4. The maximum atomic E-state index is 12.6. The van der Waals surface area contributed by atoms with Crippen LogP contribution in [0.15, 0.2) is 46.3 Å². The Bertz CT molecular complexity index is 1120. The molecule has 2 aromatic rings. The molecule has 38 heavy (non-hydrogen) atoms. The van der Waals surface area contributed by atoms with E-state index in [0.717, 1.165) is 44.2 Å². The molecule has 0 unspecified atom stereocenters. The molecule has 4 rings (SSSR count). The Morgan fingerprint density at radius 2 is 1.58 bits per heavy atom. The minimum absolute atomic E-state index is 0.194. The number of hydrogen-bond acceptors (Lipinski definition) is 6. The van der Waals surface area contributed by atoms with Crippen LogP contribution in [0.25, 0.3) is 0 Å². The zero-order chi connectivity index (χ0) is 28.5. The summed E-state index contributed by atoms with van der Waals surface area (Å²) in [5.41, 5.74) is 9.05. The number of terminal acetylenes is 1. The van der Waals surface area contributed by atoms with Gasteiger partial charge in [0.2, 0.25) is 0 Å². The van der Waals surface area contributed by atoms with E-state index in [-0.39, 0.29) is 17.3 Å². The Kier molecular flexibility index (Phi) is 14.3. The van der Waals surface area contributed by atoms with Crippen molar-refractivity contribution in [1.29, 1.82) is 5.26 Å². The van der Waals surface area contributed by atoms with Gasteiger partial charge in [0.05, 0.1) is 17.3 Å². The molecule has 202 valence electrons. The first kappa shape index (κ1) is 31.7. The topological polar surface area (TPSA) is 161 Å². The minimum atomic E-state index is -0.683. The molecule has 0 atom stereocenters. The molecule has 9 nitrogen and oxygen atoms in total. The molecule has 2 fully saturated rings. The number of amidine groups is 1. The molecule has 5 N–H and O–H groups in total. The average molecular weight is 520 g/mol. The number of H-pyrrole nitrogens is 1. The van der Waals surface area contributed by atoms with Gasteiger partial charge in [-0.25, -0.2) is 10.3 Å². The van der Waals surface area contributed by atoms with Crippen molar-refractivity contribution in [3.63, 3.8) is 0 Å². The number of aliphatic carboxylic acids is 1. The predicted octanol–water partition coefficient (Wildman–Crippen LogP) is 4.72. The first-order valence-corrected chi connectivity index (χ1v) is 12.5. The third kappa shape index (κ3) is 8.94. The molecular weight excluding hydrogens is 482 g/mol. The third-order valence-electron chi connectivity index (χ3n) is 6.87. The molecule has 0 saturated heterocycles. The van der Waals surface area contributed by atoms with E-state index in [0.29, 0.717) is 23.2 Å². The summed E-state index contributed by atoms with van der Waals surface area (Å²) in [5, 5.41) is 19.2. The summed E-state index contributed by atoms with van der Waals surface area (Å²) in [6.45, 7) is 5.50. The summed E-state index contributed by atoms with van der Waals surface area (Å²) in [6, 6.07) is 10.1. The van der Waals surface area contributed by atoms with Gasteiger partial charge in [0.25, 0.3) is 5.56 Å². The number of nitrogens with zero attached hydrogens (tertiary/aromatic N) is 2. The number of pyridine rings is 1. The number of carboxylic acids is 1. The second-order valence-corrected chi connectivity index (χ2v) is 9.05. The summed E-state index contributed by atoms with van der Waals surface area (Å²) < 4.78 is 0. The lowest BCUT2D eigenvalue weighted by atomic mass is 9.79. The van der Waals surface area contributed by atoms with Crippen LogP contribution < -0.4 is 16.6 Å². The zero-order valence-corrected chi connectivity index (χ0v) is 21.6. The number of anilines is 1. The Morgan fingerprint density at radius 3 is 2.13 bits per heavy atom. The van der Waals surface area contributed by atoms with Crippen LogP contribution in [-0.2, 0) is 9.59 Å². The van der Waals surface area contributed by atoms with Crippen molar-refractivity contribution in [2.75, 3.05) is 5.32 Å². The number of carbonyl (C=O) groups excluding carboxylic acids is 1. The van der Waals surface area contributed by atoms with Crippen LogP contribution in [0.3, 0.4) is 0 Å². The summed E-state index contributed by atoms with van der Waals surface area (Å²) in [7, 11) is 0. The second-order valence-electron chi connectivity index (χ2n) is 9.05. The molecule has 2 aliphatic carbocycles. The average Bonchev–Trinajstić information content (AvgIpc) is 2.97. The van der Waals surface area contributed by atoms with Gasteiger partial charge in [-0.2, -0.15) is 0 Å². The summed E-state index contributed by atoms with van der Waals surface area (Å²) in [6.07, 6.45) is 18.7. The van der Waals surface area contributed by atoms with Gasteiger partial charge in [-0.1, -0.05) is 31.4 Å². The van der Waals surface area contributed by atoms with E-state index in [4.69, 9.17) is 15.8 Å². The number of carboxylic acid groups (broad SMARTS) is 1. The summed E-state index contributed by atoms with van der Waals surface area (Å²) >= 11 is 0. The lowest BCUT2D eigenvalue weighted by Gasteiger charge is -2.26. The van der Waals surface area contributed by atoms with Gasteiger partial charge in [-0.15, -0.1) is 12.8 Å². The van der Waals surface area contributed by atoms with Crippen LogP contribution in [0.4, 0.5) is 11.4 Å². The van der Waals surface area contributed by atoms with Gasteiger partial charge >= 0.3 is 5.97 Å². The van der Waals surface area contributed by atoms with Gasteiger partial charge in [-0.3, -0.25) is 9.59 Å². The monoisotopic (exact) mass is 519 g/mol. The highest BCUT2D eigenvalue weighted by molar-refractivity contribution is 6.03. The highest BCUT2D eigenvalue weighted by Gasteiger charge is 2.26. The number of nitrogens with two attached hydrogens (primary N) is 1. The second kappa shape index (κ2) is 17.1. The Morgan fingerprint density at radius 1 is 1.00 bits per heavy atom. The van der Waals surface area contributed by atoms with Crippen LogP contribution >= 0.6 is 0 Å². The van der Waals surface area contributed by atoms with Crippen LogP contribution in [0.5, 0.6) is 0 Å². The molecule has 0 spiro atoms. The minimum Gasteiger partial charge on any atom is -0.481 e. The van der Waals surface area contributed by atoms with Gasteiger partial charge in [-0.05, 0) is 68.2 Å². The summed E-state index contributed by atoms with van der Waals surface area (Å²) in [5.74, 6) is -0.323. The SMILES string of the molecule is C#C.C#N.C=O.NC(=Nc1ccc(C2CCC(C(=O)O)CC2)cc1)c1c(NC2CCCCC2)cc[nH]c1=O. The number of benzene rings is 1. The van der Waals surface area contributed by atoms with Crippen LogP contribution in [0.1, 0.15) is 74.8 Å². The Labute approximate surface area is 224 Å². The predicted molar refractivity (Wildman–Crippen MR) is 150 cm³/mol. The van der Waals surface area contributed by atoms with E-state index in [1.54, 1.807) is 6.20 Å². The number of nitriles is 1. The van der Waals surface area contributed by atoms with Crippen molar-refractivity contribution in [2.45, 2.75) is 69.7 Å². The molecule has 0 bridgehead atoms. The van der Waals surface area contributed by atoms with E-state index in [9.17, 15) is 14.7 Å². The fraction of sp³-hybridized carbons (Fsp3) is 0.414. The van der Waals surface area contributed by atoms with Crippen molar-refractivity contribution in [3.05, 3.63) is 58.0 Å². The van der Waals surface area contributed by atoms with Gasteiger partial charge in [0.15, 0.2) is 0 Å². The third-order valence-corrected chi connectivity index (χ3v) is 6.87. The Hall–Kier alpha value is -4.37. The van der Waals surface area contributed by atoms with Crippen molar-refractivity contribution in [3.8, 4) is 19.4 Å². The molecule has 2 saturated carbocycles. The van der Waals surface area contributed by atoms with Crippen molar-refractivity contribution in [1.82, 2.24) is 4.98 Å². The number of aliphatic imine (C=N–C) groups is 1. The number of carbonyl (C=O) groups is 2. The van der Waals surface area contributed by atoms with E-state index in [1.165, 1.54) is 24.8 Å². The molecular formula is C29H37N5O4. The molecule has 0 amide bonds. The standard InChI is InChI=1S/C25H32N4O3.C2H2.CHN.CH2O/c26-23(22-21(14-15-27-24(22)30)28-19-4-2-1-3-5-19)29-20-12-10-17(11-13-20)16-6-8-18(9-7-16)25(31)32;3*1-2/h10-16,18-19H,1-9H2,(H2,26,29)(H,31,32)(H2,27,28,30);1-2H;1H;1H2. The highest BCUT2D eigenvalue weighted by Crippen LogP contribution is 2.36. The summed E-state index contributed by atoms with van der Waals surface area (Å²) in [4.78, 5) is 38.9. The maximum Gasteiger partial charge on any atom is 0.306 e. The molecule has 1 aromatic heterocycles. The molecule has 0 aliphatic heterocycles. The number of nitrogens with one attached hydrogen (secondary N) is 2. The van der Waals surface area contributed by atoms with Crippen molar-refractivity contribution < 1.29 is 14.7 Å². The number of aromatic amines is 1. The van der Waals surface area contributed by atoms with Crippen LogP contribution in [-0.4, -0.2) is 34.7 Å². The van der Waals surface area contributed by atoms with E-state index >= 15 is 0 Å². The van der Waals surface area contributed by atoms with Gasteiger partial charge in [0, 0.05) is 18.8 Å². The maximum absolute atomic E-state index is 12.6. The van der Waals surface area contributed by atoms with E-state index < -0.39 is 5.97 Å². The molecule has 1 aromatic carbocycles. The normalized spacial score (nSPS) is 19.1.